The van der Waals surface area contributed by atoms with Crippen LogP contribution in [-0.4, -0.2) is 27.2 Å². The lowest BCUT2D eigenvalue weighted by atomic mass is 10.2. The van der Waals surface area contributed by atoms with Crippen molar-refractivity contribution in [2.45, 2.75) is 18.4 Å². The largest absolute Gasteiger partial charge is 0.370 e. The second kappa shape index (κ2) is 6.76. The number of guanidine groups is 1. The molecule has 7 heteroatoms. The molecule has 0 spiro atoms. The van der Waals surface area contributed by atoms with E-state index in [9.17, 15) is 8.42 Å². The van der Waals surface area contributed by atoms with Crippen LogP contribution in [0.5, 0.6) is 0 Å². The molecule has 0 saturated heterocycles. The normalized spacial score (nSPS) is 12.2. The number of nitrogens with zero attached hydrogens (tertiary/aromatic N) is 1. The predicted molar refractivity (Wildman–Crippen MR) is 82.7 cm³/mol. The van der Waals surface area contributed by atoms with Gasteiger partial charge in [0.15, 0.2) is 15.8 Å². The van der Waals surface area contributed by atoms with Crippen molar-refractivity contribution in [1.82, 2.24) is 5.32 Å². The molecule has 0 unspecified atom stereocenters. The Bertz CT molecular complexity index is 639. The maximum Gasteiger partial charge on any atom is 0.189 e. The molecular formula is C13H18ClN3O2S. The Kier molecular flexibility index (Phi) is 5.59. The van der Waals surface area contributed by atoms with Crippen molar-refractivity contribution >= 4 is 27.4 Å². The molecule has 0 aliphatic rings. The molecule has 0 aliphatic heterocycles. The molecule has 1 aromatic rings. The van der Waals surface area contributed by atoms with E-state index in [0.29, 0.717) is 19.0 Å². The number of nitrogens with one attached hydrogen (secondary N) is 1. The minimum absolute atomic E-state index is 0.111. The molecule has 5 nitrogen and oxygen atoms in total. The molecule has 0 heterocycles. The number of rotatable bonds is 5. The van der Waals surface area contributed by atoms with E-state index in [1.807, 2.05) is 6.92 Å². The van der Waals surface area contributed by atoms with Crippen LogP contribution < -0.4 is 11.1 Å². The highest BCUT2D eigenvalue weighted by molar-refractivity contribution is 7.90. The maximum absolute atomic E-state index is 11.4. The molecule has 0 amide bonds. The lowest BCUT2D eigenvalue weighted by Gasteiger charge is -2.06. The second-order valence-electron chi connectivity index (χ2n) is 4.55. The first-order chi connectivity index (χ1) is 9.20. The van der Waals surface area contributed by atoms with Gasteiger partial charge in [0, 0.05) is 12.8 Å². The Morgan fingerprint density at radius 1 is 1.50 bits per heavy atom. The van der Waals surface area contributed by atoms with Crippen LogP contribution in [0.25, 0.3) is 0 Å². The Hall–Kier alpha value is -1.53. The third kappa shape index (κ3) is 5.22. The summed E-state index contributed by atoms with van der Waals surface area (Å²) in [5.74, 6) is 0.302. The van der Waals surface area contributed by atoms with Crippen LogP contribution >= 0.6 is 11.6 Å². The SMILES string of the molecule is C=C(C)CNC(N)=NCc1ccc(S(C)(=O)=O)c(Cl)c1. The number of hydrogen-bond donors (Lipinski definition) is 2. The van der Waals surface area contributed by atoms with Crippen LogP contribution in [0.15, 0.2) is 40.2 Å². The zero-order chi connectivity index (χ0) is 15.3. The summed E-state index contributed by atoms with van der Waals surface area (Å²) in [6.45, 7) is 6.50. The molecule has 0 fully saturated rings. The van der Waals surface area contributed by atoms with Gasteiger partial charge in [0.2, 0.25) is 0 Å². The smallest absolute Gasteiger partial charge is 0.189 e. The fourth-order valence-electron chi connectivity index (χ4n) is 1.42. The van der Waals surface area contributed by atoms with E-state index in [0.717, 1.165) is 17.4 Å². The predicted octanol–water partition coefficient (Wildman–Crippen LogP) is 1.72. The number of benzene rings is 1. The Morgan fingerprint density at radius 3 is 2.65 bits per heavy atom. The van der Waals surface area contributed by atoms with E-state index < -0.39 is 9.84 Å². The van der Waals surface area contributed by atoms with Gasteiger partial charge in [0.05, 0.1) is 16.5 Å². The summed E-state index contributed by atoms with van der Waals surface area (Å²) in [6.07, 6.45) is 1.12. The van der Waals surface area contributed by atoms with Gasteiger partial charge < -0.3 is 11.1 Å². The van der Waals surface area contributed by atoms with Gasteiger partial charge in [-0.2, -0.15) is 0 Å². The first-order valence-corrected chi connectivity index (χ1v) is 8.13. The van der Waals surface area contributed by atoms with Crippen LogP contribution in [0.2, 0.25) is 5.02 Å². The number of halogens is 1. The van der Waals surface area contributed by atoms with E-state index in [-0.39, 0.29) is 9.92 Å². The average Bonchev–Trinajstić information content (AvgIpc) is 2.32. The molecule has 1 aromatic carbocycles. The molecule has 0 saturated carbocycles. The van der Waals surface area contributed by atoms with Gasteiger partial charge in [-0.3, -0.25) is 0 Å². The highest BCUT2D eigenvalue weighted by atomic mass is 35.5. The summed E-state index contributed by atoms with van der Waals surface area (Å²) >= 11 is 5.95. The Morgan fingerprint density at radius 2 is 2.15 bits per heavy atom. The van der Waals surface area contributed by atoms with Crippen molar-refractivity contribution in [1.29, 1.82) is 0 Å². The molecule has 110 valence electrons. The summed E-state index contributed by atoms with van der Waals surface area (Å²) < 4.78 is 22.9. The standard InChI is InChI=1S/C13H18ClN3O2S/c1-9(2)7-16-13(15)17-8-10-4-5-12(11(14)6-10)20(3,18)19/h4-6H,1,7-8H2,2-3H3,(H3,15,16,17). The van der Waals surface area contributed by atoms with Crippen molar-refractivity contribution in [2.24, 2.45) is 10.7 Å². The molecule has 20 heavy (non-hydrogen) atoms. The molecule has 3 N–H and O–H groups in total. The molecule has 0 aromatic heterocycles. The zero-order valence-electron chi connectivity index (χ0n) is 11.5. The summed E-state index contributed by atoms with van der Waals surface area (Å²) in [6, 6.07) is 4.71. The molecule has 0 bridgehead atoms. The minimum Gasteiger partial charge on any atom is -0.370 e. The van der Waals surface area contributed by atoms with Gasteiger partial charge in [0.1, 0.15) is 0 Å². The number of aliphatic imine (C=N–C) groups is 1. The fourth-order valence-corrected chi connectivity index (χ4v) is 2.77. The van der Waals surface area contributed by atoms with Crippen molar-refractivity contribution in [3.8, 4) is 0 Å². The molecular weight excluding hydrogens is 298 g/mol. The maximum atomic E-state index is 11.4. The monoisotopic (exact) mass is 315 g/mol. The highest BCUT2D eigenvalue weighted by Gasteiger charge is 2.12. The number of nitrogens with two attached hydrogens (primary N) is 1. The summed E-state index contributed by atoms with van der Waals surface area (Å²) in [5.41, 5.74) is 7.40. The van der Waals surface area contributed by atoms with Gasteiger partial charge in [-0.05, 0) is 24.6 Å². The Balaban J connectivity index is 2.78. The lowest BCUT2D eigenvalue weighted by Crippen LogP contribution is -2.32. The van der Waals surface area contributed by atoms with Gasteiger partial charge >= 0.3 is 0 Å². The first-order valence-electron chi connectivity index (χ1n) is 5.87. The van der Waals surface area contributed by atoms with Crippen LogP contribution in [0, 0.1) is 0 Å². The van der Waals surface area contributed by atoms with Crippen molar-refractivity contribution in [3.63, 3.8) is 0 Å². The van der Waals surface area contributed by atoms with Crippen molar-refractivity contribution in [2.75, 3.05) is 12.8 Å². The van der Waals surface area contributed by atoms with Crippen LogP contribution in [-0.2, 0) is 16.4 Å². The average molecular weight is 316 g/mol. The van der Waals surface area contributed by atoms with Crippen LogP contribution in [0.3, 0.4) is 0 Å². The second-order valence-corrected chi connectivity index (χ2v) is 6.94. The lowest BCUT2D eigenvalue weighted by molar-refractivity contribution is 0.602. The van der Waals surface area contributed by atoms with Crippen molar-refractivity contribution < 1.29 is 8.42 Å². The summed E-state index contributed by atoms with van der Waals surface area (Å²) in [4.78, 5) is 4.24. The topological polar surface area (TPSA) is 84.5 Å². The first kappa shape index (κ1) is 16.5. The van der Waals surface area contributed by atoms with E-state index in [2.05, 4.69) is 16.9 Å². The summed E-state index contributed by atoms with van der Waals surface area (Å²) in [7, 11) is -3.31. The van der Waals surface area contributed by atoms with E-state index >= 15 is 0 Å². The third-order valence-corrected chi connectivity index (χ3v) is 3.98. The minimum atomic E-state index is -3.31. The van der Waals surface area contributed by atoms with Crippen LogP contribution in [0.4, 0.5) is 0 Å². The highest BCUT2D eigenvalue weighted by Crippen LogP contribution is 2.22. The molecule has 1 rings (SSSR count). The van der Waals surface area contributed by atoms with Gasteiger partial charge in [-0.15, -0.1) is 0 Å². The number of hydrogen-bond acceptors (Lipinski definition) is 3. The zero-order valence-corrected chi connectivity index (χ0v) is 13.1. The fraction of sp³-hybridized carbons (Fsp3) is 0.308. The van der Waals surface area contributed by atoms with Gasteiger partial charge in [-0.25, -0.2) is 13.4 Å². The Labute approximate surface area is 124 Å². The quantitative estimate of drug-likeness (QED) is 0.492. The summed E-state index contributed by atoms with van der Waals surface area (Å²) in [5, 5.41) is 3.09. The van der Waals surface area contributed by atoms with E-state index in [1.54, 1.807) is 12.1 Å². The van der Waals surface area contributed by atoms with Crippen molar-refractivity contribution in [3.05, 3.63) is 40.9 Å². The molecule has 0 atom stereocenters. The third-order valence-electron chi connectivity index (χ3n) is 2.40. The van der Waals surface area contributed by atoms with Crippen LogP contribution in [0.1, 0.15) is 12.5 Å². The number of sulfone groups is 1. The molecule has 0 radical (unpaired) electrons. The van der Waals surface area contributed by atoms with E-state index in [4.69, 9.17) is 17.3 Å². The van der Waals surface area contributed by atoms with E-state index in [1.165, 1.54) is 6.07 Å². The van der Waals surface area contributed by atoms with Gasteiger partial charge in [-0.1, -0.05) is 29.8 Å². The van der Waals surface area contributed by atoms with Gasteiger partial charge in [0.25, 0.3) is 0 Å². The molecule has 0 aliphatic carbocycles.